The van der Waals surface area contributed by atoms with Crippen molar-refractivity contribution >= 4 is 29.2 Å². The first-order chi connectivity index (χ1) is 18.0. The summed E-state index contributed by atoms with van der Waals surface area (Å²) in [6, 6.07) is 11.0. The molecular weight excluding hydrogens is 515 g/mol. The van der Waals surface area contributed by atoms with Crippen molar-refractivity contribution < 1.29 is 28.9 Å². The number of nitrogens with zero attached hydrogens (tertiary/aromatic N) is 3. The van der Waals surface area contributed by atoms with E-state index in [9.17, 15) is 24.3 Å². The summed E-state index contributed by atoms with van der Waals surface area (Å²) in [4.78, 5) is 31.8. The number of benzene rings is 2. The van der Waals surface area contributed by atoms with Crippen LogP contribution in [0.5, 0.6) is 0 Å². The van der Waals surface area contributed by atoms with Gasteiger partial charge in [-0.1, -0.05) is 23.7 Å². The minimum absolute atomic E-state index is 0.0624. The van der Waals surface area contributed by atoms with E-state index < -0.39 is 17.5 Å². The van der Waals surface area contributed by atoms with Crippen LogP contribution in [-0.4, -0.2) is 39.1 Å². The number of imidazole rings is 1. The van der Waals surface area contributed by atoms with Gasteiger partial charge in [-0.25, -0.2) is 14.2 Å². The number of nitrogens with one attached hydrogen (secondary N) is 1. The number of ketones is 1. The van der Waals surface area contributed by atoms with Crippen molar-refractivity contribution in [3.63, 3.8) is 0 Å². The molecule has 1 amide bonds. The molecule has 194 valence electrons. The molecule has 38 heavy (non-hydrogen) atoms. The summed E-state index contributed by atoms with van der Waals surface area (Å²) in [6.45, 7) is 1.30. The average molecular weight is 537 g/mol. The topological polar surface area (TPSA) is 133 Å². The molecule has 2 aromatic carbocycles. The smallest absolute Gasteiger partial charge is 0.411 e. The van der Waals surface area contributed by atoms with Crippen LogP contribution in [0.4, 0.5) is 14.9 Å². The van der Waals surface area contributed by atoms with Crippen LogP contribution in [-0.2, 0) is 12.0 Å². The molecule has 0 bridgehead atoms. The van der Waals surface area contributed by atoms with Crippen LogP contribution < -0.4 is 9.63 Å². The number of carbonyl (C=O) groups excluding carboxylic acids is 1. The highest BCUT2D eigenvalue weighted by molar-refractivity contribution is 6.31. The van der Waals surface area contributed by atoms with E-state index in [1.54, 1.807) is 30.3 Å². The molecule has 9 nitrogen and oxygen atoms in total. The van der Waals surface area contributed by atoms with E-state index in [0.29, 0.717) is 33.7 Å². The zero-order valence-electron chi connectivity index (χ0n) is 20.3. The third-order valence-corrected chi connectivity index (χ3v) is 7.13. The van der Waals surface area contributed by atoms with Gasteiger partial charge in [-0.05, 0) is 55.7 Å². The Bertz CT molecular complexity index is 1600. The van der Waals surface area contributed by atoms with Crippen molar-refractivity contribution in [1.29, 1.82) is 0 Å². The van der Waals surface area contributed by atoms with Gasteiger partial charge in [0.25, 0.3) is 0 Å². The van der Waals surface area contributed by atoms with Crippen LogP contribution in [0.15, 0.2) is 54.9 Å². The Morgan fingerprint density at radius 3 is 2.58 bits per heavy atom. The second-order valence-corrected chi connectivity index (χ2v) is 9.57. The second-order valence-electron chi connectivity index (χ2n) is 9.16. The number of aryl methyl sites for hydroxylation is 1. The standard InChI is InChI=1S/C27H22ClFN4O5/c1-14(34)19-7-8-20(28)23(29)22(19)17-11-16-9-10-27(37,24(16)33(38)13-17)25-30-12-21(31-25)15-3-5-18(6-4-15)32(2)26(35)36/h3-8,11-13,37H,9-10H2,1-2H3,(H,30,31)(H,35,36). The molecule has 11 heteroatoms. The van der Waals surface area contributed by atoms with Crippen LogP contribution in [0.2, 0.25) is 5.02 Å². The maximum Gasteiger partial charge on any atom is 0.411 e. The third kappa shape index (κ3) is 4.07. The molecule has 3 N–H and O–H groups in total. The summed E-state index contributed by atoms with van der Waals surface area (Å²) in [7, 11) is 1.43. The molecule has 1 aliphatic rings. The molecule has 0 radical (unpaired) electrons. The highest BCUT2D eigenvalue weighted by atomic mass is 35.5. The van der Waals surface area contributed by atoms with E-state index in [2.05, 4.69) is 9.97 Å². The number of carbonyl (C=O) groups is 2. The number of aromatic amines is 1. The zero-order valence-corrected chi connectivity index (χ0v) is 21.1. The molecule has 0 saturated carbocycles. The van der Waals surface area contributed by atoms with E-state index >= 15 is 0 Å². The van der Waals surface area contributed by atoms with Gasteiger partial charge in [-0.2, -0.15) is 4.73 Å². The number of carboxylic acid groups (broad SMARTS) is 1. The minimum Gasteiger partial charge on any atom is -0.618 e. The number of aliphatic hydroxyl groups is 1. The predicted octanol–water partition coefficient (Wildman–Crippen LogP) is 4.67. The predicted molar refractivity (Wildman–Crippen MR) is 138 cm³/mol. The molecule has 1 aliphatic carbocycles. The van der Waals surface area contributed by atoms with Gasteiger partial charge in [0.1, 0.15) is 5.82 Å². The first-order valence-electron chi connectivity index (χ1n) is 11.6. The van der Waals surface area contributed by atoms with Gasteiger partial charge in [0.05, 0.1) is 22.5 Å². The monoisotopic (exact) mass is 536 g/mol. The van der Waals surface area contributed by atoms with Crippen molar-refractivity contribution in [3.05, 3.63) is 93.6 Å². The second kappa shape index (κ2) is 9.23. The third-order valence-electron chi connectivity index (χ3n) is 6.84. The number of H-pyrrole nitrogens is 1. The molecule has 5 rings (SSSR count). The molecule has 2 heterocycles. The van der Waals surface area contributed by atoms with Crippen LogP contribution in [0.25, 0.3) is 22.4 Å². The summed E-state index contributed by atoms with van der Waals surface area (Å²) in [5.41, 5.74) is 0.783. The van der Waals surface area contributed by atoms with Gasteiger partial charge in [-0.3, -0.25) is 9.69 Å². The fourth-order valence-electron chi connectivity index (χ4n) is 4.84. The van der Waals surface area contributed by atoms with Gasteiger partial charge in [0.15, 0.2) is 17.8 Å². The van der Waals surface area contributed by atoms with Crippen LogP contribution in [0.1, 0.15) is 40.8 Å². The lowest BCUT2D eigenvalue weighted by molar-refractivity contribution is -0.620. The highest BCUT2D eigenvalue weighted by Gasteiger charge is 2.48. The fourth-order valence-corrected chi connectivity index (χ4v) is 5.00. The fraction of sp³-hybridized carbons (Fsp3) is 0.185. The minimum atomic E-state index is -1.73. The number of anilines is 1. The molecule has 0 fully saturated rings. The first-order valence-corrected chi connectivity index (χ1v) is 12.0. The van der Waals surface area contributed by atoms with Gasteiger partial charge in [-0.15, -0.1) is 0 Å². The van der Waals surface area contributed by atoms with Crippen molar-refractivity contribution in [3.8, 4) is 22.4 Å². The Balaban J connectivity index is 1.52. The maximum atomic E-state index is 15.0. The van der Waals surface area contributed by atoms with Crippen LogP contribution in [0, 0.1) is 11.0 Å². The number of pyridine rings is 1. The van der Waals surface area contributed by atoms with Crippen molar-refractivity contribution in [1.82, 2.24) is 9.97 Å². The maximum absolute atomic E-state index is 15.0. The van der Waals surface area contributed by atoms with Gasteiger partial charge in [0.2, 0.25) is 11.3 Å². The molecule has 0 saturated heterocycles. The van der Waals surface area contributed by atoms with Gasteiger partial charge in [0, 0.05) is 29.4 Å². The average Bonchev–Trinajstić information content (AvgIpc) is 3.51. The van der Waals surface area contributed by atoms with E-state index in [0.717, 1.165) is 11.1 Å². The normalized spacial score (nSPS) is 16.3. The highest BCUT2D eigenvalue weighted by Crippen LogP contribution is 2.41. The summed E-state index contributed by atoms with van der Waals surface area (Å²) < 4.78 is 15.5. The Kier molecular flexibility index (Phi) is 6.16. The molecule has 2 aromatic heterocycles. The quantitative estimate of drug-likeness (QED) is 0.193. The molecule has 0 aliphatic heterocycles. The number of Topliss-reactive ketones (excluding diaryl/α,β-unsaturated/α-hetero) is 1. The van der Waals surface area contributed by atoms with Gasteiger partial charge < -0.3 is 20.4 Å². The molecular formula is C27H22ClFN4O5. The number of rotatable bonds is 5. The zero-order chi connectivity index (χ0) is 27.4. The molecule has 1 atom stereocenters. The van der Waals surface area contributed by atoms with Gasteiger partial charge >= 0.3 is 6.09 Å². The van der Waals surface area contributed by atoms with Crippen molar-refractivity contribution in [2.24, 2.45) is 0 Å². The van der Waals surface area contributed by atoms with Crippen LogP contribution in [0.3, 0.4) is 0 Å². The lowest BCUT2D eigenvalue weighted by Crippen LogP contribution is -2.42. The first kappa shape index (κ1) is 25.4. The molecule has 0 spiro atoms. The van der Waals surface area contributed by atoms with E-state index in [1.165, 1.54) is 32.3 Å². The number of halogens is 2. The summed E-state index contributed by atoms with van der Waals surface area (Å²) >= 11 is 5.96. The van der Waals surface area contributed by atoms with E-state index in [1.807, 2.05) is 0 Å². The van der Waals surface area contributed by atoms with E-state index in [4.69, 9.17) is 16.7 Å². The van der Waals surface area contributed by atoms with Crippen molar-refractivity contribution in [2.75, 3.05) is 11.9 Å². The number of amides is 1. The molecule has 1 unspecified atom stereocenters. The number of hydrogen-bond acceptors (Lipinski definition) is 5. The largest absolute Gasteiger partial charge is 0.618 e. The van der Waals surface area contributed by atoms with Crippen LogP contribution >= 0.6 is 11.6 Å². The lowest BCUT2D eigenvalue weighted by atomic mass is 9.95. The Hall–Kier alpha value is -4.28. The number of fused-ring (bicyclic) bond motifs is 1. The number of hydrogen-bond donors (Lipinski definition) is 3. The Labute approximate surface area is 221 Å². The molecule has 4 aromatic rings. The summed E-state index contributed by atoms with van der Waals surface area (Å²) in [6.07, 6.45) is 2.02. The SMILES string of the molecule is CC(=O)c1ccc(Cl)c(F)c1-c1cc2c([n+]([O-])c1)C(O)(c1ncc(-c3ccc(N(C)C(=O)O)cc3)[nH]1)CC2. The van der Waals surface area contributed by atoms with E-state index in [-0.39, 0.29) is 45.4 Å². The Morgan fingerprint density at radius 1 is 1.21 bits per heavy atom. The summed E-state index contributed by atoms with van der Waals surface area (Å²) in [5.74, 6) is -1.02. The van der Waals surface area contributed by atoms with Crippen molar-refractivity contribution in [2.45, 2.75) is 25.4 Å². The lowest BCUT2D eigenvalue weighted by Gasteiger charge is -2.20. The Morgan fingerprint density at radius 2 is 1.92 bits per heavy atom. The summed E-state index contributed by atoms with van der Waals surface area (Å²) in [5, 5.41) is 33.8. The number of aromatic nitrogens is 3.